The van der Waals surface area contributed by atoms with Crippen LogP contribution in [-0.2, 0) is 24.1 Å². The average molecular weight is 537 g/mol. The number of alkyl halides is 3. The monoisotopic (exact) mass is 536 g/mol. The van der Waals surface area contributed by atoms with E-state index >= 15 is 0 Å². The van der Waals surface area contributed by atoms with Gasteiger partial charge in [0.1, 0.15) is 0 Å². The van der Waals surface area contributed by atoms with Gasteiger partial charge in [0.25, 0.3) is 5.91 Å². The van der Waals surface area contributed by atoms with Gasteiger partial charge in [0.05, 0.1) is 28.8 Å². The molecule has 204 valence electrons. The normalized spacial score (nSPS) is 18.7. The molecule has 6 nitrogen and oxygen atoms in total. The number of carbonyl (C=O) groups is 2. The number of aromatic nitrogens is 1. The summed E-state index contributed by atoms with van der Waals surface area (Å²) in [7, 11) is 0. The number of amides is 2. The number of benzene rings is 2. The summed E-state index contributed by atoms with van der Waals surface area (Å²) < 4.78 is 38.9. The molecule has 9 heteroatoms. The molecule has 1 unspecified atom stereocenters. The first kappa shape index (κ1) is 26.9. The highest BCUT2D eigenvalue weighted by atomic mass is 19.4. The number of aryl methyl sites for hydroxylation is 1. The number of carbonyl (C=O) groups excluding carboxylic acids is 2. The van der Waals surface area contributed by atoms with E-state index in [9.17, 15) is 22.8 Å². The Morgan fingerprint density at radius 3 is 2.59 bits per heavy atom. The molecule has 2 aliphatic rings. The second-order valence-electron chi connectivity index (χ2n) is 10.7. The quantitative estimate of drug-likeness (QED) is 0.390. The minimum absolute atomic E-state index is 0.0104. The van der Waals surface area contributed by atoms with Crippen molar-refractivity contribution in [1.29, 1.82) is 0 Å². The van der Waals surface area contributed by atoms with Crippen LogP contribution in [0.5, 0.6) is 0 Å². The van der Waals surface area contributed by atoms with Gasteiger partial charge >= 0.3 is 6.18 Å². The van der Waals surface area contributed by atoms with E-state index in [1.165, 1.54) is 12.1 Å². The second-order valence-corrected chi connectivity index (χ2v) is 10.7. The van der Waals surface area contributed by atoms with Gasteiger partial charge in [-0.3, -0.25) is 19.5 Å². The van der Waals surface area contributed by atoms with Crippen molar-refractivity contribution in [2.75, 3.05) is 11.9 Å². The molecule has 3 aromatic rings. The third-order valence-corrected chi connectivity index (χ3v) is 7.48. The van der Waals surface area contributed by atoms with E-state index in [0.717, 1.165) is 45.8 Å². The lowest BCUT2D eigenvalue weighted by atomic mass is 9.96. The van der Waals surface area contributed by atoms with Crippen molar-refractivity contribution in [2.45, 2.75) is 58.4 Å². The molecule has 1 aromatic heterocycles. The standard InChI is InChI=1S/C30H31F3N4O2/c1-17(2)27-26-21(16-37(27)15-19-5-7-22(8-6-19)30(31,32)33)13-20(14-35-26)28(38)34-11-10-23-24-12-18(3)4-9-25(24)36-29(23)39/h4-9,12-14,17,23,27H,10-11,15-16H2,1-3H3,(H,34,38)(H,36,39)/t23?,27-/m0/s1. The fourth-order valence-electron chi connectivity index (χ4n) is 5.62. The Hall–Kier alpha value is -3.72. The van der Waals surface area contributed by atoms with Crippen LogP contribution in [0.4, 0.5) is 18.9 Å². The molecule has 39 heavy (non-hydrogen) atoms. The highest BCUT2D eigenvalue weighted by Gasteiger charge is 2.35. The van der Waals surface area contributed by atoms with Gasteiger partial charge in [0, 0.05) is 31.5 Å². The first-order valence-electron chi connectivity index (χ1n) is 13.1. The summed E-state index contributed by atoms with van der Waals surface area (Å²) in [6, 6.07) is 13.0. The molecule has 2 atom stereocenters. The number of hydrogen-bond acceptors (Lipinski definition) is 4. The van der Waals surface area contributed by atoms with Gasteiger partial charge in [0.2, 0.25) is 5.91 Å². The summed E-state index contributed by atoms with van der Waals surface area (Å²) in [5.74, 6) is -0.395. The number of rotatable bonds is 7. The number of pyridine rings is 1. The van der Waals surface area contributed by atoms with Gasteiger partial charge in [-0.15, -0.1) is 0 Å². The van der Waals surface area contributed by atoms with Gasteiger partial charge in [-0.2, -0.15) is 13.2 Å². The molecule has 2 amide bonds. The zero-order chi connectivity index (χ0) is 27.9. The van der Waals surface area contributed by atoms with Crippen LogP contribution < -0.4 is 10.6 Å². The summed E-state index contributed by atoms with van der Waals surface area (Å²) in [5.41, 5.74) is 5.26. The van der Waals surface area contributed by atoms with Crippen molar-refractivity contribution in [3.05, 3.63) is 93.8 Å². The van der Waals surface area contributed by atoms with E-state index in [1.807, 2.05) is 31.2 Å². The molecule has 0 spiro atoms. The molecule has 0 aliphatic carbocycles. The maximum atomic E-state index is 13.0. The van der Waals surface area contributed by atoms with E-state index in [2.05, 4.69) is 34.4 Å². The maximum Gasteiger partial charge on any atom is 0.416 e. The highest BCUT2D eigenvalue weighted by Crippen LogP contribution is 2.39. The largest absolute Gasteiger partial charge is 0.416 e. The van der Waals surface area contributed by atoms with Crippen LogP contribution in [0.3, 0.4) is 0 Å². The second kappa shape index (κ2) is 10.4. The Kier molecular flexibility index (Phi) is 7.20. The van der Waals surface area contributed by atoms with E-state index in [1.54, 1.807) is 6.20 Å². The van der Waals surface area contributed by atoms with Crippen LogP contribution in [0, 0.1) is 12.8 Å². The molecule has 3 heterocycles. The number of nitrogens with zero attached hydrogens (tertiary/aromatic N) is 2. The SMILES string of the molecule is Cc1ccc2c(c1)C(CCNC(=O)c1cnc3c(c1)CN(Cc1ccc(C(F)(F)F)cc1)[C@H]3C(C)C)C(=O)N2. The minimum atomic E-state index is -4.36. The Morgan fingerprint density at radius 1 is 1.15 bits per heavy atom. The van der Waals surface area contributed by atoms with Gasteiger partial charge in [-0.05, 0) is 60.2 Å². The third-order valence-electron chi connectivity index (χ3n) is 7.48. The lowest BCUT2D eigenvalue weighted by Crippen LogP contribution is -2.27. The van der Waals surface area contributed by atoms with Crippen LogP contribution in [0.25, 0.3) is 0 Å². The lowest BCUT2D eigenvalue weighted by Gasteiger charge is -2.27. The third kappa shape index (κ3) is 5.54. The van der Waals surface area contributed by atoms with Gasteiger partial charge in [-0.25, -0.2) is 0 Å². The molecule has 0 fully saturated rings. The first-order valence-corrected chi connectivity index (χ1v) is 13.1. The number of fused-ring (bicyclic) bond motifs is 2. The number of nitrogens with one attached hydrogen (secondary N) is 2. The summed E-state index contributed by atoms with van der Waals surface area (Å²) in [4.78, 5) is 32.2. The fourth-order valence-corrected chi connectivity index (χ4v) is 5.62. The summed E-state index contributed by atoms with van der Waals surface area (Å²) in [6.07, 6.45) is -2.30. The molecular formula is C30H31F3N4O2. The zero-order valence-electron chi connectivity index (χ0n) is 22.1. The van der Waals surface area contributed by atoms with Crippen molar-refractivity contribution < 1.29 is 22.8 Å². The molecule has 0 radical (unpaired) electrons. The first-order chi connectivity index (χ1) is 18.5. The minimum Gasteiger partial charge on any atom is -0.352 e. The van der Waals surface area contributed by atoms with Crippen LogP contribution >= 0.6 is 0 Å². The Morgan fingerprint density at radius 2 is 1.90 bits per heavy atom. The maximum absolute atomic E-state index is 13.0. The van der Waals surface area contributed by atoms with Crippen LogP contribution in [0.15, 0.2) is 54.7 Å². The van der Waals surface area contributed by atoms with Crippen molar-refractivity contribution in [3.63, 3.8) is 0 Å². The van der Waals surface area contributed by atoms with Crippen molar-refractivity contribution >= 4 is 17.5 Å². The Labute approximate surface area is 225 Å². The van der Waals surface area contributed by atoms with Gasteiger partial charge < -0.3 is 10.6 Å². The molecule has 2 aromatic carbocycles. The molecular weight excluding hydrogens is 505 g/mol. The highest BCUT2D eigenvalue weighted by molar-refractivity contribution is 6.03. The van der Waals surface area contributed by atoms with Gasteiger partial charge in [-0.1, -0.05) is 43.7 Å². The number of anilines is 1. The molecule has 2 N–H and O–H groups in total. The fraction of sp³-hybridized carbons (Fsp3) is 0.367. The average Bonchev–Trinajstić information content (AvgIpc) is 3.39. The number of halogens is 3. The molecule has 0 saturated carbocycles. The summed E-state index contributed by atoms with van der Waals surface area (Å²) >= 11 is 0. The van der Waals surface area contributed by atoms with E-state index in [4.69, 9.17) is 0 Å². The zero-order valence-corrected chi connectivity index (χ0v) is 22.1. The molecule has 0 saturated heterocycles. The van der Waals surface area contributed by atoms with E-state index in [0.29, 0.717) is 31.6 Å². The van der Waals surface area contributed by atoms with Crippen molar-refractivity contribution in [1.82, 2.24) is 15.2 Å². The molecule has 2 aliphatic heterocycles. The van der Waals surface area contributed by atoms with Gasteiger partial charge in [0.15, 0.2) is 0 Å². The summed E-state index contributed by atoms with van der Waals surface area (Å²) in [6.45, 7) is 7.52. The topological polar surface area (TPSA) is 74.3 Å². The Bertz CT molecular complexity index is 1400. The van der Waals surface area contributed by atoms with E-state index in [-0.39, 0.29) is 29.7 Å². The molecule has 0 bridgehead atoms. The lowest BCUT2D eigenvalue weighted by molar-refractivity contribution is -0.137. The molecule has 5 rings (SSSR count). The van der Waals surface area contributed by atoms with Crippen LogP contribution in [-0.4, -0.2) is 28.2 Å². The Balaban J connectivity index is 1.24. The van der Waals surface area contributed by atoms with Crippen LogP contribution in [0.2, 0.25) is 0 Å². The smallest absolute Gasteiger partial charge is 0.352 e. The number of hydrogen-bond donors (Lipinski definition) is 2. The van der Waals surface area contributed by atoms with E-state index < -0.39 is 11.7 Å². The van der Waals surface area contributed by atoms with Crippen LogP contribution in [0.1, 0.15) is 76.1 Å². The van der Waals surface area contributed by atoms with Crippen molar-refractivity contribution in [2.24, 2.45) is 5.92 Å². The van der Waals surface area contributed by atoms with Crippen molar-refractivity contribution in [3.8, 4) is 0 Å². The predicted octanol–water partition coefficient (Wildman–Crippen LogP) is 5.98. The summed E-state index contributed by atoms with van der Waals surface area (Å²) in [5, 5.41) is 5.82. The predicted molar refractivity (Wildman–Crippen MR) is 142 cm³/mol.